The number of rotatable bonds is 4. The number of hydrogen-bond acceptors (Lipinski definition) is 5. The van der Waals surface area contributed by atoms with Crippen LogP contribution in [0.4, 0.5) is 0 Å². The first-order chi connectivity index (χ1) is 10.1. The summed E-state index contributed by atoms with van der Waals surface area (Å²) < 4.78 is 11.1. The summed E-state index contributed by atoms with van der Waals surface area (Å²) in [4.78, 5) is 2.05. The monoisotopic (exact) mass is 290 g/mol. The summed E-state index contributed by atoms with van der Waals surface area (Å²) in [5.41, 5.74) is 0.588. The van der Waals surface area contributed by atoms with Crippen molar-refractivity contribution in [3.8, 4) is 17.6 Å². The smallest absolute Gasteiger partial charge is 0.163 e. The second-order valence-electron chi connectivity index (χ2n) is 5.37. The average molecular weight is 290 g/mol. The van der Waals surface area contributed by atoms with Gasteiger partial charge in [-0.05, 0) is 26.8 Å². The Morgan fingerprint density at radius 3 is 2.67 bits per heavy atom. The number of para-hydroxylation sites is 1. The van der Waals surface area contributed by atoms with Crippen LogP contribution in [-0.4, -0.2) is 41.9 Å². The van der Waals surface area contributed by atoms with Gasteiger partial charge in [0.05, 0.1) is 24.9 Å². The molecule has 1 fully saturated rings. The van der Waals surface area contributed by atoms with Crippen LogP contribution in [0, 0.1) is 11.3 Å². The molecule has 5 heteroatoms. The average Bonchev–Trinajstić information content (AvgIpc) is 2.43. The molecule has 0 saturated carbocycles. The zero-order chi connectivity index (χ0) is 15.4. The van der Waals surface area contributed by atoms with E-state index in [0.717, 1.165) is 0 Å². The number of morpholine rings is 1. The normalized spacial score (nSPS) is 24.3. The molecule has 1 N–H and O–H groups in total. The van der Waals surface area contributed by atoms with Crippen molar-refractivity contribution in [3.63, 3.8) is 0 Å². The molecular weight excluding hydrogens is 268 g/mol. The van der Waals surface area contributed by atoms with Crippen molar-refractivity contribution >= 4 is 0 Å². The predicted octanol–water partition coefficient (Wildman–Crippen LogP) is 2.46. The Bertz CT molecular complexity index is 517. The summed E-state index contributed by atoms with van der Waals surface area (Å²) in [5, 5.41) is 19.9. The highest BCUT2D eigenvalue weighted by atomic mass is 16.5. The third-order valence-electron chi connectivity index (χ3n) is 3.56. The van der Waals surface area contributed by atoms with Crippen molar-refractivity contribution in [2.24, 2.45) is 0 Å². The molecule has 1 saturated heterocycles. The summed E-state index contributed by atoms with van der Waals surface area (Å²) in [7, 11) is 0. The summed E-state index contributed by atoms with van der Waals surface area (Å²) >= 11 is 0. The van der Waals surface area contributed by atoms with E-state index in [-0.39, 0.29) is 18.0 Å². The van der Waals surface area contributed by atoms with Crippen LogP contribution >= 0.6 is 0 Å². The molecule has 1 aromatic rings. The van der Waals surface area contributed by atoms with Crippen LogP contribution in [0.25, 0.3) is 0 Å². The topological polar surface area (TPSA) is 65.7 Å². The molecular formula is C16H22N2O3. The van der Waals surface area contributed by atoms with Crippen molar-refractivity contribution in [1.29, 1.82) is 5.26 Å². The molecule has 1 aliphatic heterocycles. The molecule has 3 atom stereocenters. The highest BCUT2D eigenvalue weighted by Gasteiger charge is 2.30. The maximum Gasteiger partial charge on any atom is 0.163 e. The third kappa shape index (κ3) is 3.46. The fourth-order valence-corrected chi connectivity index (χ4v) is 2.81. The summed E-state index contributed by atoms with van der Waals surface area (Å²) in [5.74, 6) is 0.474. The summed E-state index contributed by atoms with van der Waals surface area (Å²) in [6.45, 7) is 7.65. The van der Waals surface area contributed by atoms with Crippen molar-refractivity contribution < 1.29 is 14.6 Å². The highest BCUT2D eigenvalue weighted by molar-refractivity contribution is 5.48. The van der Waals surface area contributed by atoms with Gasteiger partial charge in [0.15, 0.2) is 11.5 Å². The van der Waals surface area contributed by atoms with Gasteiger partial charge in [-0.15, -0.1) is 0 Å². The number of hydrogen-bond donors (Lipinski definition) is 1. The Morgan fingerprint density at radius 2 is 2.10 bits per heavy atom. The maximum atomic E-state index is 10.3. The SMILES string of the molecule is CCOc1cccc(C(C#N)N2CC(C)OC(C)C2)c1O. The van der Waals surface area contributed by atoms with Gasteiger partial charge >= 0.3 is 0 Å². The lowest BCUT2D eigenvalue weighted by molar-refractivity contribution is -0.0751. The first-order valence-corrected chi connectivity index (χ1v) is 7.30. The lowest BCUT2D eigenvalue weighted by Gasteiger charge is -2.37. The first-order valence-electron chi connectivity index (χ1n) is 7.30. The van der Waals surface area contributed by atoms with E-state index in [2.05, 4.69) is 6.07 Å². The lowest BCUT2D eigenvalue weighted by Crippen LogP contribution is -2.46. The molecule has 5 nitrogen and oxygen atoms in total. The number of benzene rings is 1. The Balaban J connectivity index is 2.29. The molecule has 0 spiro atoms. The minimum atomic E-state index is -0.501. The molecule has 0 amide bonds. The molecule has 0 bridgehead atoms. The van der Waals surface area contributed by atoms with E-state index in [1.165, 1.54) is 0 Å². The van der Waals surface area contributed by atoms with Crippen molar-refractivity contribution in [2.45, 2.75) is 39.0 Å². The Labute approximate surface area is 125 Å². The van der Waals surface area contributed by atoms with E-state index in [1.807, 2.05) is 25.7 Å². The van der Waals surface area contributed by atoms with Gasteiger partial charge in [-0.1, -0.05) is 12.1 Å². The number of phenols is 1. The zero-order valence-corrected chi connectivity index (χ0v) is 12.7. The Morgan fingerprint density at radius 1 is 1.43 bits per heavy atom. The zero-order valence-electron chi connectivity index (χ0n) is 12.7. The van der Waals surface area contributed by atoms with Gasteiger partial charge in [-0.2, -0.15) is 5.26 Å². The number of nitrogens with zero attached hydrogens (tertiary/aromatic N) is 2. The molecule has 1 aromatic carbocycles. The quantitative estimate of drug-likeness (QED) is 0.922. The van der Waals surface area contributed by atoms with Gasteiger partial charge in [0.2, 0.25) is 0 Å². The van der Waals surface area contributed by atoms with Crippen LogP contribution in [0.5, 0.6) is 11.5 Å². The highest BCUT2D eigenvalue weighted by Crippen LogP contribution is 2.36. The predicted molar refractivity (Wildman–Crippen MR) is 79.2 cm³/mol. The standard InChI is InChI=1S/C16H22N2O3/c1-4-20-15-7-5-6-13(16(15)19)14(8-17)18-9-11(2)21-12(3)10-18/h5-7,11-12,14,19H,4,9-10H2,1-3H3. The Hall–Kier alpha value is -1.77. The molecule has 1 aliphatic rings. The number of phenolic OH excluding ortho intramolecular Hbond substituents is 1. The van der Waals surface area contributed by atoms with E-state index in [0.29, 0.717) is 31.0 Å². The van der Waals surface area contributed by atoms with E-state index in [4.69, 9.17) is 9.47 Å². The van der Waals surface area contributed by atoms with Crippen LogP contribution in [0.15, 0.2) is 18.2 Å². The molecule has 0 aromatic heterocycles. The maximum absolute atomic E-state index is 10.3. The van der Waals surface area contributed by atoms with Crippen LogP contribution in [0.1, 0.15) is 32.4 Å². The molecule has 0 radical (unpaired) electrons. The fourth-order valence-electron chi connectivity index (χ4n) is 2.81. The van der Waals surface area contributed by atoms with Gasteiger partial charge in [-0.25, -0.2) is 0 Å². The molecule has 114 valence electrons. The second-order valence-corrected chi connectivity index (χ2v) is 5.37. The first kappa shape index (κ1) is 15.6. The molecule has 0 aliphatic carbocycles. The van der Waals surface area contributed by atoms with E-state index in [9.17, 15) is 10.4 Å². The van der Waals surface area contributed by atoms with E-state index < -0.39 is 6.04 Å². The van der Waals surface area contributed by atoms with Crippen LogP contribution in [0.3, 0.4) is 0 Å². The summed E-state index contributed by atoms with van der Waals surface area (Å²) in [6.07, 6.45) is 0.142. The van der Waals surface area contributed by atoms with Gasteiger partial charge in [0.25, 0.3) is 0 Å². The molecule has 2 rings (SSSR count). The van der Waals surface area contributed by atoms with E-state index >= 15 is 0 Å². The van der Waals surface area contributed by atoms with Crippen molar-refractivity contribution in [2.75, 3.05) is 19.7 Å². The largest absolute Gasteiger partial charge is 0.504 e. The van der Waals surface area contributed by atoms with Crippen molar-refractivity contribution in [3.05, 3.63) is 23.8 Å². The number of nitriles is 1. The van der Waals surface area contributed by atoms with Crippen LogP contribution in [0.2, 0.25) is 0 Å². The van der Waals surface area contributed by atoms with Gasteiger partial charge in [0.1, 0.15) is 6.04 Å². The number of aromatic hydroxyl groups is 1. The van der Waals surface area contributed by atoms with Gasteiger partial charge in [-0.3, -0.25) is 4.90 Å². The Kier molecular flexibility index (Phi) is 5.05. The lowest BCUT2D eigenvalue weighted by atomic mass is 10.0. The molecule has 21 heavy (non-hydrogen) atoms. The van der Waals surface area contributed by atoms with Gasteiger partial charge in [0, 0.05) is 18.7 Å². The summed E-state index contributed by atoms with van der Waals surface area (Å²) in [6, 6.07) is 7.08. The van der Waals surface area contributed by atoms with Crippen LogP contribution < -0.4 is 4.74 Å². The third-order valence-corrected chi connectivity index (χ3v) is 3.56. The van der Waals surface area contributed by atoms with Gasteiger partial charge < -0.3 is 14.6 Å². The molecule has 3 unspecified atom stereocenters. The second kappa shape index (κ2) is 6.79. The molecule has 1 heterocycles. The van der Waals surface area contributed by atoms with Crippen LogP contribution in [-0.2, 0) is 4.74 Å². The van der Waals surface area contributed by atoms with E-state index in [1.54, 1.807) is 18.2 Å². The minimum Gasteiger partial charge on any atom is -0.504 e. The minimum absolute atomic E-state index is 0.0534. The fraction of sp³-hybridized carbons (Fsp3) is 0.562. The number of ether oxygens (including phenoxy) is 2. The van der Waals surface area contributed by atoms with Crippen molar-refractivity contribution in [1.82, 2.24) is 4.90 Å².